The molecule has 3 N–H and O–H groups in total. The molecule has 44 heavy (non-hydrogen) atoms. The van der Waals surface area contributed by atoms with Crippen LogP contribution >= 0.6 is 0 Å². The molecule has 0 aromatic heterocycles. The molecule has 0 bridgehead atoms. The number of rotatable bonds is 25. The van der Waals surface area contributed by atoms with Crippen molar-refractivity contribution in [2.24, 2.45) is 0 Å². The topological polar surface area (TPSA) is 115 Å². The fourth-order valence-corrected chi connectivity index (χ4v) is 7.04. The van der Waals surface area contributed by atoms with Crippen molar-refractivity contribution in [1.82, 2.24) is 0 Å². The van der Waals surface area contributed by atoms with Crippen molar-refractivity contribution in [3.8, 4) is 0 Å². The molecule has 3 aliphatic heterocycles. The van der Waals surface area contributed by atoms with Gasteiger partial charge in [0.25, 0.3) is 0 Å². The summed E-state index contributed by atoms with van der Waals surface area (Å²) in [4.78, 5) is 11.7. The third-order valence-electron chi connectivity index (χ3n) is 9.84. The van der Waals surface area contributed by atoms with E-state index >= 15 is 0 Å². The van der Waals surface area contributed by atoms with Crippen molar-refractivity contribution < 1.29 is 39.1 Å². The minimum atomic E-state index is -0.622. The highest BCUT2D eigenvalue weighted by Gasteiger charge is 2.40. The fraction of sp³-hybridized carbons (Fsp3) is 0.917. The van der Waals surface area contributed by atoms with Crippen LogP contribution in [0.15, 0.2) is 11.6 Å². The highest BCUT2D eigenvalue weighted by Crippen LogP contribution is 2.34. The Morgan fingerprint density at radius 3 is 1.61 bits per heavy atom. The van der Waals surface area contributed by atoms with Crippen molar-refractivity contribution >= 4 is 5.97 Å². The molecular weight excluding hydrogens is 560 g/mol. The molecule has 0 aromatic rings. The number of hydrogen-bond donors (Lipinski definition) is 3. The summed E-state index contributed by atoms with van der Waals surface area (Å²) >= 11 is 0. The van der Waals surface area contributed by atoms with Crippen LogP contribution in [-0.4, -0.2) is 77.4 Å². The molecule has 0 aliphatic carbocycles. The molecule has 0 radical (unpaired) electrons. The zero-order valence-corrected chi connectivity index (χ0v) is 27.8. The molecule has 8 nitrogen and oxygen atoms in total. The number of methoxy groups -OCH3 is 1. The number of carbonyl (C=O) groups is 1. The van der Waals surface area contributed by atoms with Gasteiger partial charge in [0.1, 0.15) is 0 Å². The number of ether oxygens (including phenoxy) is 4. The summed E-state index contributed by atoms with van der Waals surface area (Å²) in [6.07, 6.45) is 23.7. The minimum absolute atomic E-state index is 0.0412. The van der Waals surface area contributed by atoms with Crippen molar-refractivity contribution in [1.29, 1.82) is 0 Å². The molecule has 2 fully saturated rings. The Balaban J connectivity index is 1.14. The quantitative estimate of drug-likeness (QED) is 0.0731. The first kappa shape index (κ1) is 37.4. The summed E-state index contributed by atoms with van der Waals surface area (Å²) in [5, 5.41) is 31.7. The van der Waals surface area contributed by atoms with Crippen LogP contribution in [0.2, 0.25) is 0 Å². The van der Waals surface area contributed by atoms with E-state index in [1.165, 1.54) is 52.1 Å². The molecule has 0 spiro atoms. The van der Waals surface area contributed by atoms with Crippen LogP contribution in [-0.2, 0) is 23.7 Å². The molecule has 3 rings (SSSR count). The van der Waals surface area contributed by atoms with Gasteiger partial charge in [0.2, 0.25) is 6.29 Å². The van der Waals surface area contributed by atoms with E-state index in [0.29, 0.717) is 18.4 Å². The van der Waals surface area contributed by atoms with Gasteiger partial charge in [-0.1, -0.05) is 103 Å². The van der Waals surface area contributed by atoms with Crippen LogP contribution in [0.4, 0.5) is 0 Å². The Bertz CT molecular complexity index is 803. The second kappa shape index (κ2) is 21.7. The SMILES string of the molecule is CCCCCCCCCCC(O)C1CCC(C2CCC(C(O)CCCCCCCCCC(O)CC3=CC(OC)OC3=O)O2)O1. The Hall–Kier alpha value is -1.03. The highest BCUT2D eigenvalue weighted by molar-refractivity contribution is 5.90. The van der Waals surface area contributed by atoms with Gasteiger partial charge in [-0.2, -0.15) is 0 Å². The molecule has 3 aliphatic rings. The molecule has 0 amide bonds. The molecule has 3 heterocycles. The first-order valence-corrected chi connectivity index (χ1v) is 18.2. The Kier molecular flexibility index (Phi) is 18.5. The molecule has 8 unspecified atom stereocenters. The largest absolute Gasteiger partial charge is 0.429 e. The first-order chi connectivity index (χ1) is 21.4. The molecule has 0 saturated carbocycles. The van der Waals surface area contributed by atoms with Gasteiger partial charge >= 0.3 is 5.97 Å². The van der Waals surface area contributed by atoms with E-state index < -0.39 is 24.5 Å². The number of unbranched alkanes of at least 4 members (excludes halogenated alkanes) is 13. The van der Waals surface area contributed by atoms with E-state index in [-0.39, 0.29) is 30.5 Å². The van der Waals surface area contributed by atoms with Crippen LogP contribution in [0.3, 0.4) is 0 Å². The van der Waals surface area contributed by atoms with E-state index in [1.54, 1.807) is 6.08 Å². The lowest BCUT2D eigenvalue weighted by Gasteiger charge is -2.24. The number of aliphatic hydroxyl groups excluding tert-OH is 3. The number of aliphatic hydroxyl groups is 3. The predicted octanol–water partition coefficient (Wildman–Crippen LogP) is 7.05. The van der Waals surface area contributed by atoms with E-state index in [4.69, 9.17) is 18.9 Å². The van der Waals surface area contributed by atoms with Crippen molar-refractivity contribution in [2.45, 2.75) is 204 Å². The van der Waals surface area contributed by atoms with Crippen LogP contribution in [0.5, 0.6) is 0 Å². The van der Waals surface area contributed by atoms with Gasteiger partial charge < -0.3 is 34.3 Å². The van der Waals surface area contributed by atoms with Crippen LogP contribution in [0.1, 0.15) is 155 Å². The van der Waals surface area contributed by atoms with Gasteiger partial charge in [-0.05, 0) is 51.0 Å². The Morgan fingerprint density at radius 2 is 1.16 bits per heavy atom. The normalized spacial score (nSPS) is 27.4. The summed E-state index contributed by atoms with van der Waals surface area (Å²) in [6.45, 7) is 2.25. The maximum atomic E-state index is 11.7. The van der Waals surface area contributed by atoms with Crippen molar-refractivity contribution in [3.63, 3.8) is 0 Å². The highest BCUT2D eigenvalue weighted by atomic mass is 16.7. The molecule has 0 aromatic carbocycles. The van der Waals surface area contributed by atoms with Crippen LogP contribution < -0.4 is 0 Å². The number of carbonyl (C=O) groups excluding carboxylic acids is 1. The smallest absolute Gasteiger partial charge is 0.336 e. The van der Waals surface area contributed by atoms with E-state index in [0.717, 1.165) is 89.9 Å². The summed E-state index contributed by atoms with van der Waals surface area (Å²) in [5.74, 6) is -0.392. The lowest BCUT2D eigenvalue weighted by molar-refractivity contribution is -0.155. The van der Waals surface area contributed by atoms with Gasteiger partial charge in [-0.15, -0.1) is 0 Å². The van der Waals surface area contributed by atoms with Gasteiger partial charge in [0.15, 0.2) is 0 Å². The first-order valence-electron chi connectivity index (χ1n) is 18.2. The maximum absolute atomic E-state index is 11.7. The number of hydrogen-bond acceptors (Lipinski definition) is 8. The van der Waals surface area contributed by atoms with Crippen LogP contribution in [0.25, 0.3) is 0 Å². The third kappa shape index (κ3) is 13.8. The Labute approximate surface area is 267 Å². The zero-order valence-electron chi connectivity index (χ0n) is 27.8. The van der Waals surface area contributed by atoms with Gasteiger partial charge in [0, 0.05) is 19.1 Å². The zero-order chi connectivity index (χ0) is 31.6. The second-order valence-electron chi connectivity index (χ2n) is 13.6. The van der Waals surface area contributed by atoms with E-state index in [9.17, 15) is 20.1 Å². The van der Waals surface area contributed by atoms with Gasteiger partial charge in [0.05, 0.1) is 42.7 Å². The molecule has 8 atom stereocenters. The van der Waals surface area contributed by atoms with Crippen molar-refractivity contribution in [2.75, 3.05) is 7.11 Å². The third-order valence-corrected chi connectivity index (χ3v) is 9.84. The summed E-state index contributed by atoms with van der Waals surface area (Å²) < 4.78 is 22.6. The number of cyclic esters (lactones) is 1. The summed E-state index contributed by atoms with van der Waals surface area (Å²) in [7, 11) is 1.49. The van der Waals surface area contributed by atoms with Crippen LogP contribution in [0, 0.1) is 0 Å². The standard InChI is InChI=1S/C36H64O8/c1-3-4-5-6-7-10-13-16-19-29(38)31-21-23-33(42-31)34-24-22-32(43-34)30(39)20-17-14-11-8-9-12-15-18-28(37)25-27-26-35(41-2)44-36(27)40/h26,28-35,37-39H,3-25H2,1-2H3. The van der Waals surface area contributed by atoms with E-state index in [1.807, 2.05) is 0 Å². The minimum Gasteiger partial charge on any atom is -0.429 e. The molecule has 256 valence electrons. The fourth-order valence-electron chi connectivity index (χ4n) is 7.04. The Morgan fingerprint density at radius 1 is 0.705 bits per heavy atom. The lowest BCUT2D eigenvalue weighted by atomic mass is 10.00. The lowest BCUT2D eigenvalue weighted by Crippen LogP contribution is -2.33. The second-order valence-corrected chi connectivity index (χ2v) is 13.6. The number of esters is 1. The van der Waals surface area contributed by atoms with Gasteiger partial charge in [-0.3, -0.25) is 0 Å². The summed E-state index contributed by atoms with van der Waals surface area (Å²) in [6, 6.07) is 0. The van der Waals surface area contributed by atoms with Crippen molar-refractivity contribution in [3.05, 3.63) is 11.6 Å². The van der Waals surface area contributed by atoms with E-state index in [2.05, 4.69) is 6.92 Å². The average Bonchev–Trinajstić information content (AvgIpc) is 3.78. The summed E-state index contributed by atoms with van der Waals surface area (Å²) in [5.41, 5.74) is 0.505. The molecule has 2 saturated heterocycles. The molecular formula is C36H64O8. The molecule has 8 heteroatoms. The predicted molar refractivity (Wildman–Crippen MR) is 172 cm³/mol. The maximum Gasteiger partial charge on any atom is 0.336 e. The average molecular weight is 625 g/mol. The van der Waals surface area contributed by atoms with Gasteiger partial charge in [-0.25, -0.2) is 4.79 Å². The monoisotopic (exact) mass is 624 g/mol.